The average Bonchev–Trinajstić information content (AvgIpc) is 2.57. The topological polar surface area (TPSA) is 50.7 Å². The summed E-state index contributed by atoms with van der Waals surface area (Å²) < 4.78 is 4.90. The van der Waals surface area contributed by atoms with Gasteiger partial charge in [-0.1, -0.05) is 25.1 Å². The Morgan fingerprint density at radius 3 is 3.23 bits per heavy atom. The molecule has 1 aliphatic rings. The number of amides is 1. The highest BCUT2D eigenvalue weighted by molar-refractivity contribution is 8.14. The van der Waals surface area contributed by atoms with E-state index in [9.17, 15) is 4.79 Å². The Balaban J connectivity index is 2.10. The van der Waals surface area contributed by atoms with Crippen LogP contribution in [0.1, 0.15) is 19.8 Å². The lowest BCUT2D eigenvalue weighted by Crippen LogP contribution is -2.28. The minimum Gasteiger partial charge on any atom is -0.449 e. The molecule has 0 saturated carbocycles. The first-order chi connectivity index (χ1) is 6.33. The first kappa shape index (κ1) is 10.4. The van der Waals surface area contributed by atoms with Gasteiger partial charge in [0.1, 0.15) is 0 Å². The van der Waals surface area contributed by atoms with Gasteiger partial charge < -0.3 is 4.74 Å². The third kappa shape index (κ3) is 4.17. The summed E-state index contributed by atoms with van der Waals surface area (Å²) in [7, 11) is 0. The maximum atomic E-state index is 11.0. The summed E-state index contributed by atoms with van der Waals surface area (Å²) in [6.45, 7) is 3.33. The standard InChI is InChI=1S/C8H14N2O2S/c1-2-3-5-12-8(11)10-7-9-4-6-13-7/h2-6H2,1H3,(H,9,10,11). The number of hydrogen-bond acceptors (Lipinski definition) is 4. The van der Waals surface area contributed by atoms with Crippen LogP contribution < -0.4 is 5.32 Å². The van der Waals surface area contributed by atoms with Crippen LogP contribution in [0.4, 0.5) is 4.79 Å². The van der Waals surface area contributed by atoms with E-state index in [0.717, 1.165) is 25.1 Å². The van der Waals surface area contributed by atoms with Gasteiger partial charge in [-0.15, -0.1) is 0 Å². The van der Waals surface area contributed by atoms with Crippen molar-refractivity contribution >= 4 is 23.0 Å². The molecule has 4 nitrogen and oxygen atoms in total. The molecule has 0 saturated heterocycles. The highest BCUT2D eigenvalue weighted by Gasteiger charge is 2.10. The largest absolute Gasteiger partial charge is 0.449 e. The predicted octanol–water partition coefficient (Wildman–Crippen LogP) is 1.62. The molecule has 1 N–H and O–H groups in total. The van der Waals surface area contributed by atoms with E-state index in [-0.39, 0.29) is 6.09 Å². The van der Waals surface area contributed by atoms with Gasteiger partial charge in [-0.3, -0.25) is 10.3 Å². The van der Waals surface area contributed by atoms with Crippen LogP contribution in [0.25, 0.3) is 0 Å². The third-order valence-electron chi connectivity index (χ3n) is 1.53. The summed E-state index contributed by atoms with van der Waals surface area (Å²) in [5.74, 6) is 0.949. The molecule has 74 valence electrons. The molecule has 13 heavy (non-hydrogen) atoms. The molecule has 1 amide bonds. The zero-order valence-corrected chi connectivity index (χ0v) is 8.52. The highest BCUT2D eigenvalue weighted by atomic mass is 32.2. The molecule has 5 heteroatoms. The summed E-state index contributed by atoms with van der Waals surface area (Å²) in [5.41, 5.74) is 0. The van der Waals surface area contributed by atoms with E-state index in [1.165, 1.54) is 0 Å². The van der Waals surface area contributed by atoms with Crippen LogP contribution in [0.2, 0.25) is 0 Å². The number of amidine groups is 1. The molecule has 0 radical (unpaired) electrons. The van der Waals surface area contributed by atoms with Crippen molar-refractivity contribution in [3.63, 3.8) is 0 Å². The predicted molar refractivity (Wildman–Crippen MR) is 54.2 cm³/mol. The summed E-state index contributed by atoms with van der Waals surface area (Å²) >= 11 is 1.55. The number of ether oxygens (including phenoxy) is 1. The number of aliphatic imine (C=N–C) groups is 1. The third-order valence-corrected chi connectivity index (χ3v) is 2.42. The average molecular weight is 202 g/mol. The molecule has 1 aliphatic heterocycles. The number of thioether (sulfide) groups is 1. The van der Waals surface area contributed by atoms with E-state index in [4.69, 9.17) is 4.74 Å². The summed E-state index contributed by atoms with van der Waals surface area (Å²) in [5, 5.41) is 3.27. The van der Waals surface area contributed by atoms with E-state index in [2.05, 4.69) is 17.2 Å². The number of rotatable bonds is 3. The minimum absolute atomic E-state index is 0.387. The number of nitrogens with zero attached hydrogens (tertiary/aromatic N) is 1. The van der Waals surface area contributed by atoms with Crippen molar-refractivity contribution in [1.82, 2.24) is 5.32 Å². The van der Waals surface area contributed by atoms with Crippen LogP contribution in [0.15, 0.2) is 4.99 Å². The van der Waals surface area contributed by atoms with Gasteiger partial charge in [-0.05, 0) is 6.42 Å². The van der Waals surface area contributed by atoms with Gasteiger partial charge >= 0.3 is 6.09 Å². The number of carbonyl (C=O) groups excluding carboxylic acids is 1. The first-order valence-corrected chi connectivity index (χ1v) is 5.42. The van der Waals surface area contributed by atoms with Crippen molar-refractivity contribution in [1.29, 1.82) is 0 Å². The van der Waals surface area contributed by atoms with Crippen LogP contribution in [-0.4, -0.2) is 30.2 Å². The molecular formula is C8H14N2O2S. The molecule has 0 unspecified atom stereocenters. The van der Waals surface area contributed by atoms with Crippen molar-refractivity contribution < 1.29 is 9.53 Å². The van der Waals surface area contributed by atoms with Crippen molar-refractivity contribution in [2.75, 3.05) is 18.9 Å². The highest BCUT2D eigenvalue weighted by Crippen LogP contribution is 2.08. The van der Waals surface area contributed by atoms with Crippen molar-refractivity contribution in [3.8, 4) is 0 Å². The number of hydrogen-bond donors (Lipinski definition) is 1. The van der Waals surface area contributed by atoms with Crippen LogP contribution >= 0.6 is 11.8 Å². The Labute approximate surface area is 82.1 Å². The lowest BCUT2D eigenvalue weighted by molar-refractivity contribution is 0.150. The van der Waals surface area contributed by atoms with Crippen molar-refractivity contribution in [2.45, 2.75) is 19.8 Å². The van der Waals surface area contributed by atoms with Gasteiger partial charge in [-0.25, -0.2) is 4.79 Å². The van der Waals surface area contributed by atoms with Crippen LogP contribution in [0.3, 0.4) is 0 Å². The van der Waals surface area contributed by atoms with Crippen molar-refractivity contribution in [3.05, 3.63) is 0 Å². The molecule has 1 heterocycles. The van der Waals surface area contributed by atoms with E-state index in [1.54, 1.807) is 11.8 Å². The number of carbonyl (C=O) groups is 1. The molecule has 0 aromatic heterocycles. The van der Waals surface area contributed by atoms with Crippen molar-refractivity contribution in [2.24, 2.45) is 4.99 Å². The lowest BCUT2D eigenvalue weighted by atomic mass is 10.4. The van der Waals surface area contributed by atoms with Crippen LogP contribution in [0.5, 0.6) is 0 Å². The quantitative estimate of drug-likeness (QED) is 0.707. The second kappa shape index (κ2) is 5.85. The van der Waals surface area contributed by atoms with E-state index >= 15 is 0 Å². The molecule has 0 atom stereocenters. The summed E-state index contributed by atoms with van der Waals surface area (Å²) in [6.07, 6.45) is 1.55. The molecular weight excluding hydrogens is 188 g/mol. The van der Waals surface area contributed by atoms with E-state index < -0.39 is 0 Å². The fourth-order valence-electron chi connectivity index (χ4n) is 0.843. The molecule has 0 bridgehead atoms. The Morgan fingerprint density at radius 1 is 1.77 bits per heavy atom. The number of alkyl carbamates (subject to hydrolysis) is 1. The molecule has 1 rings (SSSR count). The lowest BCUT2D eigenvalue weighted by Gasteiger charge is -2.04. The monoisotopic (exact) mass is 202 g/mol. The normalized spacial score (nSPS) is 15.3. The molecule has 0 aromatic carbocycles. The number of nitrogens with one attached hydrogen (secondary N) is 1. The fourth-order valence-corrected chi connectivity index (χ4v) is 1.56. The van der Waals surface area contributed by atoms with Gasteiger partial charge in [0.05, 0.1) is 13.2 Å². The second-order valence-electron chi connectivity index (χ2n) is 2.65. The SMILES string of the molecule is CCCCOC(=O)NC1=NCCS1. The Morgan fingerprint density at radius 2 is 2.62 bits per heavy atom. The van der Waals surface area contributed by atoms with E-state index in [0.29, 0.717) is 11.8 Å². The Bertz CT molecular complexity index is 206. The first-order valence-electron chi connectivity index (χ1n) is 4.44. The Hall–Kier alpha value is -0.710. The molecule has 0 aliphatic carbocycles. The maximum Gasteiger partial charge on any atom is 0.413 e. The van der Waals surface area contributed by atoms with Crippen LogP contribution in [-0.2, 0) is 4.74 Å². The smallest absolute Gasteiger partial charge is 0.413 e. The van der Waals surface area contributed by atoms with E-state index in [1.807, 2.05) is 0 Å². The zero-order valence-electron chi connectivity index (χ0n) is 7.71. The second-order valence-corrected chi connectivity index (χ2v) is 3.73. The summed E-state index contributed by atoms with van der Waals surface area (Å²) in [4.78, 5) is 15.1. The van der Waals surface area contributed by atoms with Crippen LogP contribution in [0, 0.1) is 0 Å². The van der Waals surface area contributed by atoms with Gasteiger partial charge in [-0.2, -0.15) is 0 Å². The summed E-state index contributed by atoms with van der Waals surface area (Å²) in [6, 6.07) is 0. The van der Waals surface area contributed by atoms with Gasteiger partial charge in [0.15, 0.2) is 5.17 Å². The maximum absolute atomic E-state index is 11.0. The van der Waals surface area contributed by atoms with Gasteiger partial charge in [0.2, 0.25) is 0 Å². The molecule has 0 aromatic rings. The number of unbranched alkanes of at least 4 members (excludes halogenated alkanes) is 1. The van der Waals surface area contributed by atoms with Gasteiger partial charge in [0.25, 0.3) is 0 Å². The molecule has 0 fully saturated rings. The zero-order chi connectivity index (χ0) is 9.52. The minimum atomic E-state index is -0.387. The Kier molecular flexibility index (Phi) is 4.67. The van der Waals surface area contributed by atoms with Gasteiger partial charge in [0, 0.05) is 5.75 Å². The molecule has 0 spiro atoms. The fraction of sp³-hybridized carbons (Fsp3) is 0.750.